The van der Waals surface area contributed by atoms with Crippen molar-refractivity contribution in [2.24, 2.45) is 22.7 Å². The summed E-state index contributed by atoms with van der Waals surface area (Å²) in [6.07, 6.45) is 4.54. The molecule has 1 aliphatic rings. The average molecular weight is 227 g/mol. The number of para-hydroxylation sites is 1. The highest BCUT2D eigenvalue weighted by atomic mass is 14.8. The third-order valence-electron chi connectivity index (χ3n) is 3.32. The molecular formula is C16H21N. The van der Waals surface area contributed by atoms with E-state index >= 15 is 0 Å². The van der Waals surface area contributed by atoms with E-state index in [4.69, 9.17) is 4.99 Å². The molecule has 17 heavy (non-hydrogen) atoms. The monoisotopic (exact) mass is 227 g/mol. The van der Waals surface area contributed by atoms with Crippen molar-refractivity contribution in [2.45, 2.75) is 27.7 Å². The summed E-state index contributed by atoms with van der Waals surface area (Å²) in [7, 11) is 0. The topological polar surface area (TPSA) is 12.4 Å². The van der Waals surface area contributed by atoms with Crippen LogP contribution < -0.4 is 0 Å². The summed E-state index contributed by atoms with van der Waals surface area (Å²) in [4.78, 5) is 4.90. The van der Waals surface area contributed by atoms with E-state index in [1.807, 2.05) is 0 Å². The molecule has 0 amide bonds. The Morgan fingerprint density at radius 1 is 1.06 bits per heavy atom. The van der Waals surface area contributed by atoms with Crippen molar-refractivity contribution < 1.29 is 0 Å². The van der Waals surface area contributed by atoms with Crippen LogP contribution in [0.15, 0.2) is 35.3 Å². The maximum Gasteiger partial charge on any atom is 0.0701 e. The van der Waals surface area contributed by atoms with Crippen molar-refractivity contribution >= 4 is 17.5 Å². The molecular weight excluding hydrogens is 206 g/mol. The molecule has 0 fully saturated rings. The van der Waals surface area contributed by atoms with Gasteiger partial charge in [-0.05, 0) is 23.5 Å². The van der Waals surface area contributed by atoms with Gasteiger partial charge >= 0.3 is 0 Å². The molecule has 90 valence electrons. The van der Waals surface area contributed by atoms with Crippen LogP contribution in [0.5, 0.6) is 0 Å². The lowest BCUT2D eigenvalue weighted by Crippen LogP contribution is -2.22. The van der Waals surface area contributed by atoms with Gasteiger partial charge in [-0.2, -0.15) is 0 Å². The lowest BCUT2D eigenvalue weighted by atomic mass is 9.85. The molecule has 0 radical (unpaired) electrons. The van der Waals surface area contributed by atoms with Gasteiger partial charge in [0.05, 0.1) is 5.69 Å². The van der Waals surface area contributed by atoms with E-state index in [0.717, 1.165) is 5.69 Å². The Balaban J connectivity index is 2.52. The number of benzene rings is 1. The third-order valence-corrected chi connectivity index (χ3v) is 3.32. The van der Waals surface area contributed by atoms with Crippen LogP contribution in [0.4, 0.5) is 5.69 Å². The molecule has 1 aromatic rings. The molecule has 0 saturated carbocycles. The Kier molecular flexibility index (Phi) is 3.46. The van der Waals surface area contributed by atoms with Crippen molar-refractivity contribution in [3.63, 3.8) is 0 Å². The Labute approximate surface area is 104 Å². The Bertz CT molecular complexity index is 452. The molecule has 1 atom stereocenters. The number of hydrogen-bond donors (Lipinski definition) is 0. The van der Waals surface area contributed by atoms with Crippen molar-refractivity contribution in [3.8, 4) is 0 Å². The van der Waals surface area contributed by atoms with E-state index < -0.39 is 0 Å². The quantitative estimate of drug-likeness (QED) is 0.693. The van der Waals surface area contributed by atoms with E-state index in [1.54, 1.807) is 0 Å². The van der Waals surface area contributed by atoms with E-state index in [1.165, 1.54) is 11.3 Å². The molecule has 0 aliphatic carbocycles. The third kappa shape index (κ3) is 2.49. The lowest BCUT2D eigenvalue weighted by Gasteiger charge is -2.21. The van der Waals surface area contributed by atoms with Crippen LogP contribution in [-0.2, 0) is 0 Å². The molecule has 1 aliphatic heterocycles. The zero-order valence-corrected chi connectivity index (χ0v) is 11.1. The summed E-state index contributed by atoms with van der Waals surface area (Å²) in [5.41, 5.74) is 3.64. The average Bonchev–Trinajstić information content (AvgIpc) is 2.47. The van der Waals surface area contributed by atoms with Crippen LogP contribution in [0.2, 0.25) is 0 Å². The van der Waals surface area contributed by atoms with Crippen LogP contribution in [-0.4, -0.2) is 5.71 Å². The van der Waals surface area contributed by atoms with Gasteiger partial charge in [0.2, 0.25) is 0 Å². The number of aliphatic imine (C=N–C) groups is 1. The fourth-order valence-corrected chi connectivity index (χ4v) is 2.33. The Morgan fingerprint density at radius 2 is 1.76 bits per heavy atom. The van der Waals surface area contributed by atoms with E-state index in [-0.39, 0.29) is 0 Å². The van der Waals surface area contributed by atoms with Crippen LogP contribution in [0.3, 0.4) is 0 Å². The van der Waals surface area contributed by atoms with Gasteiger partial charge in [-0.3, -0.25) is 4.99 Å². The first-order valence-electron chi connectivity index (χ1n) is 6.45. The first kappa shape index (κ1) is 12.1. The number of rotatable bonds is 2. The van der Waals surface area contributed by atoms with Crippen molar-refractivity contribution in [1.82, 2.24) is 0 Å². The number of hydrogen-bond acceptors (Lipinski definition) is 1. The van der Waals surface area contributed by atoms with E-state index in [2.05, 4.69) is 64.1 Å². The minimum Gasteiger partial charge on any atom is -0.256 e. The largest absolute Gasteiger partial charge is 0.256 e. The summed E-state index contributed by atoms with van der Waals surface area (Å²) in [5.74, 6) is 1.56. The van der Waals surface area contributed by atoms with Crippen LogP contribution in [0.25, 0.3) is 6.08 Å². The fraction of sp³-hybridized carbons (Fsp3) is 0.438. The van der Waals surface area contributed by atoms with Crippen molar-refractivity contribution in [1.29, 1.82) is 0 Å². The molecule has 1 unspecified atom stereocenters. The molecule has 0 bridgehead atoms. The van der Waals surface area contributed by atoms with Gasteiger partial charge in [-0.1, -0.05) is 58.0 Å². The van der Waals surface area contributed by atoms with Gasteiger partial charge in [0.1, 0.15) is 0 Å². The molecule has 1 nitrogen and oxygen atoms in total. The number of allylic oxidation sites excluding steroid dienone is 1. The summed E-state index contributed by atoms with van der Waals surface area (Å²) >= 11 is 0. The van der Waals surface area contributed by atoms with Gasteiger partial charge < -0.3 is 0 Å². The first-order valence-corrected chi connectivity index (χ1v) is 6.45. The molecule has 0 saturated heterocycles. The Morgan fingerprint density at radius 3 is 2.41 bits per heavy atom. The molecule has 1 heterocycles. The van der Waals surface area contributed by atoms with E-state index in [0.29, 0.717) is 17.8 Å². The summed E-state index contributed by atoms with van der Waals surface area (Å²) in [5, 5.41) is 0. The first-order chi connectivity index (χ1) is 8.09. The second-order valence-electron chi connectivity index (χ2n) is 5.38. The van der Waals surface area contributed by atoms with Crippen LogP contribution in [0, 0.1) is 17.8 Å². The van der Waals surface area contributed by atoms with Crippen molar-refractivity contribution in [3.05, 3.63) is 35.9 Å². The Hall–Kier alpha value is -1.37. The molecule has 0 spiro atoms. The predicted octanol–water partition coefficient (Wildman–Crippen LogP) is 4.71. The maximum atomic E-state index is 4.90. The van der Waals surface area contributed by atoms with Gasteiger partial charge in [0, 0.05) is 11.6 Å². The lowest BCUT2D eigenvalue weighted by molar-refractivity contribution is 0.559. The predicted molar refractivity (Wildman–Crippen MR) is 75.7 cm³/mol. The highest BCUT2D eigenvalue weighted by Gasteiger charge is 2.22. The van der Waals surface area contributed by atoms with Gasteiger partial charge in [-0.25, -0.2) is 0 Å². The minimum atomic E-state index is 0.461. The van der Waals surface area contributed by atoms with Gasteiger partial charge in [0.25, 0.3) is 0 Å². The highest BCUT2D eigenvalue weighted by molar-refractivity contribution is 5.95. The second kappa shape index (κ2) is 4.87. The molecule has 1 heteroatoms. The van der Waals surface area contributed by atoms with Crippen molar-refractivity contribution in [2.75, 3.05) is 0 Å². The smallest absolute Gasteiger partial charge is 0.0701 e. The maximum absolute atomic E-state index is 4.90. The second-order valence-corrected chi connectivity index (χ2v) is 5.38. The normalized spacial score (nSPS) is 19.2. The molecule has 0 N–H and O–H groups in total. The summed E-state index contributed by atoms with van der Waals surface area (Å²) in [6, 6.07) is 8.37. The van der Waals surface area contributed by atoms with Crippen LogP contribution >= 0.6 is 0 Å². The SMILES string of the molecule is CC(C)C1=Nc2ccccc2C=CC1C(C)C. The van der Waals surface area contributed by atoms with Crippen LogP contribution in [0.1, 0.15) is 33.3 Å². The zero-order valence-electron chi connectivity index (χ0n) is 11.1. The molecule has 1 aromatic carbocycles. The summed E-state index contributed by atoms with van der Waals surface area (Å²) in [6.45, 7) is 9.00. The van der Waals surface area contributed by atoms with E-state index in [9.17, 15) is 0 Å². The zero-order chi connectivity index (χ0) is 12.4. The minimum absolute atomic E-state index is 0.461. The molecule has 0 aromatic heterocycles. The fourth-order valence-electron chi connectivity index (χ4n) is 2.33. The number of fused-ring (bicyclic) bond motifs is 1. The number of nitrogens with zero attached hydrogens (tertiary/aromatic N) is 1. The molecule has 2 rings (SSSR count). The van der Waals surface area contributed by atoms with Gasteiger partial charge in [-0.15, -0.1) is 0 Å². The standard InChI is InChI=1S/C16H21N/c1-11(2)14-10-9-13-7-5-6-8-15(13)17-16(14)12(3)4/h5-12,14H,1-4H3. The highest BCUT2D eigenvalue weighted by Crippen LogP contribution is 2.30. The summed E-state index contributed by atoms with van der Waals surface area (Å²) < 4.78 is 0. The van der Waals surface area contributed by atoms with Gasteiger partial charge in [0.15, 0.2) is 0 Å².